The second kappa shape index (κ2) is 5.42. The van der Waals surface area contributed by atoms with E-state index in [1.165, 1.54) is 5.56 Å². The number of methoxy groups -OCH3 is 1. The number of carbonyl (C=O) groups excluding carboxylic acids is 1. The van der Waals surface area contributed by atoms with Gasteiger partial charge in [-0.2, -0.15) is 0 Å². The lowest BCUT2D eigenvalue weighted by molar-refractivity contribution is -0.124. The Bertz CT molecular complexity index is 413. The van der Waals surface area contributed by atoms with Crippen molar-refractivity contribution < 1.29 is 9.53 Å². The van der Waals surface area contributed by atoms with E-state index in [0.717, 1.165) is 25.0 Å². The third kappa shape index (κ3) is 2.66. The Hall–Kier alpha value is -1.51. The maximum atomic E-state index is 11.3. The van der Waals surface area contributed by atoms with Crippen molar-refractivity contribution in [2.75, 3.05) is 7.11 Å². The van der Waals surface area contributed by atoms with Crippen LogP contribution in [0.1, 0.15) is 37.7 Å². The van der Waals surface area contributed by atoms with Gasteiger partial charge in [0.15, 0.2) is 0 Å². The van der Waals surface area contributed by atoms with Gasteiger partial charge in [0.2, 0.25) is 5.91 Å². The Kier molecular flexibility index (Phi) is 3.90. The van der Waals surface area contributed by atoms with E-state index in [1.807, 2.05) is 12.1 Å². The molecule has 1 aromatic rings. The molecular weight excluding hydrogens is 226 g/mol. The molecule has 1 aromatic carbocycles. The third-order valence-corrected chi connectivity index (χ3v) is 4.12. The van der Waals surface area contributed by atoms with Crippen LogP contribution in [-0.2, 0) is 4.79 Å². The van der Waals surface area contributed by atoms with Crippen molar-refractivity contribution in [3.05, 3.63) is 29.8 Å². The van der Waals surface area contributed by atoms with Crippen molar-refractivity contribution >= 4 is 5.91 Å². The molecule has 1 amide bonds. The van der Waals surface area contributed by atoms with E-state index in [1.54, 1.807) is 7.11 Å². The summed E-state index contributed by atoms with van der Waals surface area (Å²) in [4.78, 5) is 11.3. The minimum Gasteiger partial charge on any atom is -0.497 e. The minimum absolute atomic E-state index is 0.0551. The molecule has 0 bridgehead atoms. The van der Waals surface area contributed by atoms with E-state index in [-0.39, 0.29) is 11.8 Å². The molecular formula is C15H21NO2. The maximum absolute atomic E-state index is 11.3. The predicted octanol–water partition coefficient (Wildman–Crippen LogP) is 2.70. The molecule has 1 aliphatic rings. The van der Waals surface area contributed by atoms with Crippen LogP contribution in [0.3, 0.4) is 0 Å². The Balaban J connectivity index is 2.05. The van der Waals surface area contributed by atoms with Crippen molar-refractivity contribution in [1.82, 2.24) is 0 Å². The molecule has 3 nitrogen and oxygen atoms in total. The van der Waals surface area contributed by atoms with Crippen LogP contribution in [0.25, 0.3) is 0 Å². The van der Waals surface area contributed by atoms with E-state index in [2.05, 4.69) is 19.1 Å². The van der Waals surface area contributed by atoms with Crippen molar-refractivity contribution in [2.45, 2.75) is 32.1 Å². The van der Waals surface area contributed by atoms with E-state index in [9.17, 15) is 4.79 Å². The van der Waals surface area contributed by atoms with Crippen LogP contribution in [0.4, 0.5) is 0 Å². The fourth-order valence-corrected chi connectivity index (χ4v) is 3.00. The molecule has 3 atom stereocenters. The quantitative estimate of drug-likeness (QED) is 0.892. The van der Waals surface area contributed by atoms with Gasteiger partial charge in [-0.15, -0.1) is 0 Å². The lowest BCUT2D eigenvalue weighted by Gasteiger charge is -2.32. The van der Waals surface area contributed by atoms with Gasteiger partial charge in [0.25, 0.3) is 0 Å². The summed E-state index contributed by atoms with van der Waals surface area (Å²) in [5.41, 5.74) is 6.76. The zero-order chi connectivity index (χ0) is 13.1. The second-order valence-electron chi connectivity index (χ2n) is 5.27. The summed E-state index contributed by atoms with van der Waals surface area (Å²) in [6, 6.07) is 8.25. The Morgan fingerprint density at radius 1 is 1.28 bits per heavy atom. The van der Waals surface area contributed by atoms with Crippen molar-refractivity contribution in [3.63, 3.8) is 0 Å². The highest BCUT2D eigenvalue weighted by molar-refractivity contribution is 5.77. The number of hydrogen-bond donors (Lipinski definition) is 1. The molecule has 3 heteroatoms. The fourth-order valence-electron chi connectivity index (χ4n) is 3.00. The predicted molar refractivity (Wildman–Crippen MR) is 71.4 cm³/mol. The number of nitrogens with two attached hydrogens (primary N) is 1. The number of rotatable bonds is 3. The van der Waals surface area contributed by atoms with Crippen LogP contribution in [0.5, 0.6) is 5.75 Å². The average Bonchev–Trinajstić information content (AvgIpc) is 2.38. The first-order chi connectivity index (χ1) is 8.61. The molecule has 0 saturated heterocycles. The first-order valence-electron chi connectivity index (χ1n) is 6.55. The maximum Gasteiger partial charge on any atom is 0.220 e. The van der Waals surface area contributed by atoms with E-state index >= 15 is 0 Å². The molecule has 1 aliphatic carbocycles. The molecule has 18 heavy (non-hydrogen) atoms. The first-order valence-corrected chi connectivity index (χ1v) is 6.55. The van der Waals surface area contributed by atoms with Gasteiger partial charge in [-0.25, -0.2) is 0 Å². The van der Waals surface area contributed by atoms with Gasteiger partial charge in [-0.1, -0.05) is 19.1 Å². The summed E-state index contributed by atoms with van der Waals surface area (Å²) in [7, 11) is 1.68. The lowest BCUT2D eigenvalue weighted by Crippen LogP contribution is -2.33. The molecule has 98 valence electrons. The SMILES string of the molecule is COc1ccc([C@@H]2CC[C@@H](C(N)=O)[C@H](C)C2)cc1. The highest BCUT2D eigenvalue weighted by atomic mass is 16.5. The molecule has 0 radical (unpaired) electrons. The monoisotopic (exact) mass is 247 g/mol. The molecule has 2 rings (SSSR count). The zero-order valence-electron chi connectivity index (χ0n) is 11.1. The molecule has 1 saturated carbocycles. The van der Waals surface area contributed by atoms with Crippen molar-refractivity contribution in [3.8, 4) is 5.75 Å². The summed E-state index contributed by atoms with van der Waals surface area (Å²) in [6.45, 7) is 2.13. The third-order valence-electron chi connectivity index (χ3n) is 4.12. The summed E-state index contributed by atoms with van der Waals surface area (Å²) in [6.07, 6.45) is 3.00. The number of carbonyl (C=O) groups is 1. The van der Waals surface area contributed by atoms with E-state index < -0.39 is 0 Å². The molecule has 0 unspecified atom stereocenters. The number of amides is 1. The topological polar surface area (TPSA) is 52.3 Å². The van der Waals surface area contributed by atoms with E-state index in [4.69, 9.17) is 10.5 Å². The lowest BCUT2D eigenvalue weighted by atomic mass is 9.72. The van der Waals surface area contributed by atoms with Gasteiger partial charge in [0, 0.05) is 5.92 Å². The number of hydrogen-bond acceptors (Lipinski definition) is 2. The summed E-state index contributed by atoms with van der Waals surface area (Å²) < 4.78 is 5.16. The molecule has 0 aliphatic heterocycles. The van der Waals surface area contributed by atoms with Crippen LogP contribution < -0.4 is 10.5 Å². The minimum atomic E-state index is -0.143. The smallest absolute Gasteiger partial charge is 0.220 e. The molecule has 0 spiro atoms. The van der Waals surface area contributed by atoms with Gasteiger partial charge < -0.3 is 10.5 Å². The Morgan fingerprint density at radius 2 is 1.94 bits per heavy atom. The number of benzene rings is 1. The molecule has 2 N–H and O–H groups in total. The largest absolute Gasteiger partial charge is 0.497 e. The van der Waals surface area contributed by atoms with Crippen LogP contribution >= 0.6 is 0 Å². The highest BCUT2D eigenvalue weighted by Gasteiger charge is 2.31. The standard InChI is InChI=1S/C15H21NO2/c1-10-9-12(5-8-14(10)15(16)17)11-3-6-13(18-2)7-4-11/h3-4,6-7,10,12,14H,5,8-9H2,1-2H3,(H2,16,17)/t10-,12-,14-/m1/s1. The van der Waals surface area contributed by atoms with E-state index in [0.29, 0.717) is 11.8 Å². The fraction of sp³-hybridized carbons (Fsp3) is 0.533. The van der Waals surface area contributed by atoms with Gasteiger partial charge in [-0.3, -0.25) is 4.79 Å². The average molecular weight is 247 g/mol. The van der Waals surface area contributed by atoms with Crippen LogP contribution in [0.2, 0.25) is 0 Å². The molecule has 0 heterocycles. The van der Waals surface area contributed by atoms with Gasteiger partial charge >= 0.3 is 0 Å². The van der Waals surface area contributed by atoms with Gasteiger partial charge in [0.05, 0.1) is 7.11 Å². The number of ether oxygens (including phenoxy) is 1. The van der Waals surface area contributed by atoms with Crippen LogP contribution in [0, 0.1) is 11.8 Å². The Morgan fingerprint density at radius 3 is 2.44 bits per heavy atom. The normalized spacial score (nSPS) is 27.8. The zero-order valence-corrected chi connectivity index (χ0v) is 11.1. The van der Waals surface area contributed by atoms with Crippen molar-refractivity contribution in [2.24, 2.45) is 17.6 Å². The highest BCUT2D eigenvalue weighted by Crippen LogP contribution is 2.39. The summed E-state index contributed by atoms with van der Waals surface area (Å²) in [5.74, 6) is 1.72. The van der Waals surface area contributed by atoms with Crippen LogP contribution in [-0.4, -0.2) is 13.0 Å². The van der Waals surface area contributed by atoms with Gasteiger partial charge in [-0.05, 0) is 48.8 Å². The number of primary amides is 1. The van der Waals surface area contributed by atoms with Gasteiger partial charge in [0.1, 0.15) is 5.75 Å². The Labute approximate surface area is 108 Å². The molecule has 0 aromatic heterocycles. The summed E-state index contributed by atoms with van der Waals surface area (Å²) in [5, 5.41) is 0. The first kappa shape index (κ1) is 12.9. The molecule has 1 fully saturated rings. The van der Waals surface area contributed by atoms with Crippen molar-refractivity contribution in [1.29, 1.82) is 0 Å². The summed E-state index contributed by atoms with van der Waals surface area (Å²) >= 11 is 0. The second-order valence-corrected chi connectivity index (χ2v) is 5.27. The van der Waals surface area contributed by atoms with Crippen LogP contribution in [0.15, 0.2) is 24.3 Å².